The van der Waals surface area contributed by atoms with Gasteiger partial charge in [-0.15, -0.1) is 0 Å². The Labute approximate surface area is 209 Å². The molecule has 10 heteroatoms. The minimum absolute atomic E-state index is 0.220. The molecule has 2 N–H and O–H groups in total. The number of nitrogen functional groups attached to an aromatic ring is 1. The van der Waals surface area contributed by atoms with Gasteiger partial charge in [-0.3, -0.25) is 4.98 Å². The van der Waals surface area contributed by atoms with Crippen molar-refractivity contribution in [1.82, 2.24) is 29.8 Å². The molecular weight excluding hydrogens is 454 g/mol. The van der Waals surface area contributed by atoms with Crippen molar-refractivity contribution >= 4 is 28.5 Å². The van der Waals surface area contributed by atoms with Crippen LogP contribution in [0.4, 0.5) is 17.5 Å². The number of nitrogens with two attached hydrogens (primary N) is 1. The van der Waals surface area contributed by atoms with Crippen LogP contribution in [0.25, 0.3) is 33.5 Å². The number of nitrogens with zero attached hydrogens (tertiary/aromatic N) is 8. The molecule has 2 aliphatic rings. The second-order valence-electron chi connectivity index (χ2n) is 9.23. The molecule has 3 aromatic heterocycles. The lowest BCUT2D eigenvalue weighted by Crippen LogP contribution is -2.44. The molecule has 2 saturated heterocycles. The molecule has 0 spiro atoms. The van der Waals surface area contributed by atoms with Gasteiger partial charge < -0.3 is 25.2 Å². The van der Waals surface area contributed by atoms with E-state index in [1.165, 1.54) is 5.69 Å². The summed E-state index contributed by atoms with van der Waals surface area (Å²) in [4.78, 5) is 29.9. The summed E-state index contributed by atoms with van der Waals surface area (Å²) < 4.78 is 5.56. The van der Waals surface area contributed by atoms with Gasteiger partial charge in [-0.05, 0) is 30.8 Å². The fourth-order valence-corrected chi connectivity index (χ4v) is 4.69. The van der Waals surface area contributed by atoms with E-state index in [0.29, 0.717) is 24.6 Å². The molecule has 0 radical (unpaired) electrons. The zero-order valence-corrected chi connectivity index (χ0v) is 20.3. The largest absolute Gasteiger partial charge is 0.378 e. The second kappa shape index (κ2) is 9.63. The molecule has 0 amide bonds. The number of morpholine rings is 1. The van der Waals surface area contributed by atoms with Crippen molar-refractivity contribution in [2.75, 3.05) is 75.1 Å². The molecule has 10 nitrogen and oxygen atoms in total. The maximum absolute atomic E-state index is 5.70. The highest BCUT2D eigenvalue weighted by Crippen LogP contribution is 2.31. The van der Waals surface area contributed by atoms with Crippen molar-refractivity contribution in [3.8, 4) is 22.5 Å². The molecule has 0 bridgehead atoms. The molecule has 2 aliphatic heterocycles. The topological polar surface area (TPSA) is 109 Å². The Morgan fingerprint density at radius 2 is 1.53 bits per heavy atom. The van der Waals surface area contributed by atoms with E-state index < -0.39 is 0 Å². The third-order valence-electron chi connectivity index (χ3n) is 6.81. The smallest absolute Gasteiger partial charge is 0.219 e. The Morgan fingerprint density at radius 1 is 0.778 bits per heavy atom. The van der Waals surface area contributed by atoms with E-state index in [-0.39, 0.29) is 5.95 Å². The lowest BCUT2D eigenvalue weighted by atomic mass is 10.1. The normalized spacial score (nSPS) is 17.0. The minimum Gasteiger partial charge on any atom is -0.378 e. The number of pyridine rings is 1. The number of rotatable bonds is 4. The number of aromatic nitrogens is 5. The van der Waals surface area contributed by atoms with Crippen LogP contribution < -0.4 is 15.5 Å². The zero-order chi connectivity index (χ0) is 24.5. The molecule has 2 fully saturated rings. The molecular formula is C26H29N9O. The lowest BCUT2D eigenvalue weighted by Gasteiger charge is -2.34. The predicted molar refractivity (Wildman–Crippen MR) is 141 cm³/mol. The third-order valence-corrected chi connectivity index (χ3v) is 6.81. The van der Waals surface area contributed by atoms with E-state index in [2.05, 4.69) is 62.0 Å². The first-order chi connectivity index (χ1) is 17.6. The first-order valence-corrected chi connectivity index (χ1v) is 12.3. The van der Waals surface area contributed by atoms with Crippen LogP contribution in [0.2, 0.25) is 0 Å². The van der Waals surface area contributed by atoms with E-state index in [4.69, 9.17) is 25.4 Å². The predicted octanol–water partition coefficient (Wildman–Crippen LogP) is 2.32. The van der Waals surface area contributed by atoms with Crippen LogP contribution in [-0.4, -0.2) is 89.3 Å². The van der Waals surface area contributed by atoms with Crippen molar-refractivity contribution in [3.05, 3.63) is 48.9 Å². The average Bonchev–Trinajstić information content (AvgIpc) is 2.93. The minimum atomic E-state index is 0.220. The summed E-state index contributed by atoms with van der Waals surface area (Å²) in [5.74, 6) is 1.57. The second-order valence-corrected chi connectivity index (χ2v) is 9.23. The number of piperazine rings is 1. The summed E-state index contributed by atoms with van der Waals surface area (Å²) in [5, 5.41) is 0. The van der Waals surface area contributed by atoms with Crippen LogP contribution in [0.1, 0.15) is 0 Å². The van der Waals surface area contributed by atoms with Crippen molar-refractivity contribution in [2.45, 2.75) is 0 Å². The first kappa shape index (κ1) is 22.6. The fraction of sp³-hybridized carbons (Fsp3) is 0.346. The molecule has 0 atom stereocenters. The maximum Gasteiger partial charge on any atom is 0.219 e. The number of hydrogen-bond donors (Lipinski definition) is 1. The van der Waals surface area contributed by atoms with Gasteiger partial charge in [0.2, 0.25) is 5.95 Å². The van der Waals surface area contributed by atoms with Gasteiger partial charge in [-0.2, -0.15) is 0 Å². The van der Waals surface area contributed by atoms with Crippen molar-refractivity contribution in [2.24, 2.45) is 0 Å². The number of benzene rings is 1. The molecule has 5 heterocycles. The highest BCUT2D eigenvalue weighted by Gasteiger charge is 2.20. The van der Waals surface area contributed by atoms with Gasteiger partial charge >= 0.3 is 0 Å². The third kappa shape index (κ3) is 4.52. The van der Waals surface area contributed by atoms with Crippen molar-refractivity contribution < 1.29 is 4.74 Å². The Kier molecular flexibility index (Phi) is 6.04. The van der Waals surface area contributed by atoms with Gasteiger partial charge in [0.1, 0.15) is 5.52 Å². The molecule has 0 saturated carbocycles. The van der Waals surface area contributed by atoms with E-state index in [1.807, 2.05) is 6.20 Å². The standard InChI is InChI=1S/C26H29N9O/c1-33-5-7-34(8-6-33)21-4-2-3-18(13-21)19-14-22-23(28-15-19)25(35-9-11-36-12-10-35)32-24(31-22)20-16-29-26(27)30-17-20/h2-4,13-17H,5-12H2,1H3,(H2,27,29,30). The van der Waals surface area contributed by atoms with Crippen LogP contribution in [-0.2, 0) is 4.74 Å². The number of ether oxygens (including phenoxy) is 1. The summed E-state index contributed by atoms with van der Waals surface area (Å²) in [5.41, 5.74) is 11.3. The molecule has 4 aromatic rings. The number of fused-ring (bicyclic) bond motifs is 1. The highest BCUT2D eigenvalue weighted by atomic mass is 16.5. The van der Waals surface area contributed by atoms with Gasteiger partial charge in [0, 0.05) is 69.1 Å². The molecule has 1 aromatic carbocycles. The van der Waals surface area contributed by atoms with Crippen LogP contribution in [0.5, 0.6) is 0 Å². The average molecular weight is 484 g/mol. The Morgan fingerprint density at radius 3 is 2.31 bits per heavy atom. The van der Waals surface area contributed by atoms with Crippen LogP contribution >= 0.6 is 0 Å². The number of likely N-dealkylation sites (N-methyl/N-ethyl adjacent to an activating group) is 1. The Hall–Kier alpha value is -3.89. The van der Waals surface area contributed by atoms with Crippen LogP contribution in [0.15, 0.2) is 48.9 Å². The number of hydrogen-bond acceptors (Lipinski definition) is 10. The quantitative estimate of drug-likeness (QED) is 0.464. The summed E-state index contributed by atoms with van der Waals surface area (Å²) in [6.45, 7) is 7.01. The summed E-state index contributed by atoms with van der Waals surface area (Å²) in [7, 11) is 2.17. The Balaban J connectivity index is 1.42. The molecule has 0 unspecified atom stereocenters. The van der Waals surface area contributed by atoms with E-state index in [0.717, 1.165) is 67.2 Å². The van der Waals surface area contributed by atoms with Crippen LogP contribution in [0, 0.1) is 0 Å². The summed E-state index contributed by atoms with van der Waals surface area (Å²) in [6, 6.07) is 10.8. The maximum atomic E-state index is 5.70. The van der Waals surface area contributed by atoms with E-state index in [1.54, 1.807) is 12.4 Å². The summed E-state index contributed by atoms with van der Waals surface area (Å²) >= 11 is 0. The highest BCUT2D eigenvalue weighted by molar-refractivity contribution is 5.90. The SMILES string of the molecule is CN1CCN(c2cccc(-c3cnc4c(N5CCOCC5)nc(-c5cnc(N)nc5)nc4c3)c2)CC1. The first-order valence-electron chi connectivity index (χ1n) is 12.3. The van der Waals surface area contributed by atoms with Gasteiger partial charge in [0.05, 0.1) is 24.3 Å². The van der Waals surface area contributed by atoms with Gasteiger partial charge in [-0.25, -0.2) is 19.9 Å². The summed E-state index contributed by atoms with van der Waals surface area (Å²) in [6.07, 6.45) is 5.23. The zero-order valence-electron chi connectivity index (χ0n) is 20.3. The lowest BCUT2D eigenvalue weighted by molar-refractivity contribution is 0.122. The fourth-order valence-electron chi connectivity index (χ4n) is 4.69. The van der Waals surface area contributed by atoms with Crippen LogP contribution in [0.3, 0.4) is 0 Å². The van der Waals surface area contributed by atoms with Gasteiger partial charge in [0.15, 0.2) is 11.6 Å². The molecule has 0 aliphatic carbocycles. The van der Waals surface area contributed by atoms with Crippen molar-refractivity contribution in [1.29, 1.82) is 0 Å². The molecule has 36 heavy (non-hydrogen) atoms. The molecule has 6 rings (SSSR count). The Bertz CT molecular complexity index is 1360. The van der Waals surface area contributed by atoms with Gasteiger partial charge in [-0.1, -0.05) is 12.1 Å². The monoisotopic (exact) mass is 483 g/mol. The van der Waals surface area contributed by atoms with E-state index >= 15 is 0 Å². The number of anilines is 3. The van der Waals surface area contributed by atoms with Crippen molar-refractivity contribution in [3.63, 3.8) is 0 Å². The van der Waals surface area contributed by atoms with E-state index in [9.17, 15) is 0 Å². The van der Waals surface area contributed by atoms with Gasteiger partial charge in [0.25, 0.3) is 0 Å². The molecule has 184 valence electrons.